The predicted molar refractivity (Wildman–Crippen MR) is 131 cm³/mol. The summed E-state index contributed by atoms with van der Waals surface area (Å²) >= 11 is 0. The lowest BCUT2D eigenvalue weighted by Gasteiger charge is -2.13. The summed E-state index contributed by atoms with van der Waals surface area (Å²) in [5, 5.41) is 3.96. The molecule has 1 aromatic heterocycles. The van der Waals surface area contributed by atoms with E-state index in [0.29, 0.717) is 18.9 Å². The third-order valence-corrected chi connectivity index (χ3v) is 5.52. The highest BCUT2D eigenvalue weighted by atomic mass is 16.6. The lowest BCUT2D eigenvalue weighted by Crippen LogP contribution is -2.06. The second kappa shape index (κ2) is 13.6. The molecule has 2 rings (SSSR count). The van der Waals surface area contributed by atoms with Crippen LogP contribution in [0.4, 0.5) is 0 Å². The van der Waals surface area contributed by atoms with Gasteiger partial charge in [0.25, 0.3) is 0 Å². The zero-order valence-electron chi connectivity index (χ0n) is 20.6. The zero-order valence-corrected chi connectivity index (χ0v) is 20.6. The standard InChI is InChI=1S/C26H39N3O3/c1-7-8-15-31-23-17-20(2)24(21(3)18-23)14-12-10-9-11-13-16-32-26-25(22(4)28-30-6)27-19-29(26)5/h7-8,17-19H,9-16H2,1-6H3/b8-7+,28-22+. The lowest BCUT2D eigenvalue weighted by atomic mass is 9.96. The molecule has 0 saturated heterocycles. The van der Waals surface area contributed by atoms with Gasteiger partial charge in [0, 0.05) is 7.05 Å². The largest absolute Gasteiger partial charge is 0.490 e. The molecule has 1 aromatic carbocycles. The van der Waals surface area contributed by atoms with Crippen molar-refractivity contribution in [1.82, 2.24) is 9.55 Å². The van der Waals surface area contributed by atoms with Crippen molar-refractivity contribution in [3.63, 3.8) is 0 Å². The molecule has 2 aromatic rings. The van der Waals surface area contributed by atoms with Crippen LogP contribution in [-0.4, -0.2) is 35.6 Å². The SMILES string of the molecule is C/C=C/COc1cc(C)c(CCCCCCCOc2c(/C(C)=N/OC)ncn2C)c(C)c1. The highest BCUT2D eigenvalue weighted by molar-refractivity contribution is 5.98. The number of aryl methyl sites for hydroxylation is 3. The van der Waals surface area contributed by atoms with Crippen molar-refractivity contribution in [2.24, 2.45) is 12.2 Å². The number of unbranched alkanes of at least 4 members (excludes halogenated alkanes) is 4. The highest BCUT2D eigenvalue weighted by Crippen LogP contribution is 2.24. The van der Waals surface area contributed by atoms with Crippen molar-refractivity contribution in [1.29, 1.82) is 0 Å². The molecule has 0 aliphatic heterocycles. The Morgan fingerprint density at radius 3 is 2.44 bits per heavy atom. The van der Waals surface area contributed by atoms with Crippen molar-refractivity contribution < 1.29 is 14.3 Å². The number of oxime groups is 1. The second-order valence-electron chi connectivity index (χ2n) is 8.15. The van der Waals surface area contributed by atoms with E-state index in [1.165, 1.54) is 43.1 Å². The van der Waals surface area contributed by atoms with E-state index < -0.39 is 0 Å². The normalized spacial score (nSPS) is 11.9. The maximum Gasteiger partial charge on any atom is 0.223 e. The Kier molecular flexibility index (Phi) is 10.8. The Morgan fingerprint density at radius 1 is 1.06 bits per heavy atom. The summed E-state index contributed by atoms with van der Waals surface area (Å²) in [5.41, 5.74) is 5.56. The summed E-state index contributed by atoms with van der Waals surface area (Å²) in [6, 6.07) is 4.32. The first-order chi connectivity index (χ1) is 15.5. The van der Waals surface area contributed by atoms with E-state index in [1.807, 2.05) is 37.6 Å². The fraction of sp³-hybridized carbons (Fsp3) is 0.538. The van der Waals surface area contributed by atoms with Gasteiger partial charge in [-0.2, -0.15) is 0 Å². The molecule has 0 radical (unpaired) electrons. The number of hydrogen-bond acceptors (Lipinski definition) is 5. The van der Waals surface area contributed by atoms with Crippen LogP contribution in [-0.2, 0) is 18.3 Å². The molecule has 0 atom stereocenters. The summed E-state index contributed by atoms with van der Waals surface area (Å²) in [7, 11) is 3.46. The van der Waals surface area contributed by atoms with Crippen LogP contribution in [0.2, 0.25) is 0 Å². The van der Waals surface area contributed by atoms with Gasteiger partial charge < -0.3 is 18.9 Å². The van der Waals surface area contributed by atoms with E-state index in [-0.39, 0.29) is 0 Å². The number of nitrogens with zero attached hydrogens (tertiary/aromatic N) is 3. The van der Waals surface area contributed by atoms with E-state index >= 15 is 0 Å². The molecule has 0 aliphatic rings. The van der Waals surface area contributed by atoms with E-state index in [0.717, 1.165) is 36.6 Å². The monoisotopic (exact) mass is 441 g/mol. The zero-order chi connectivity index (χ0) is 23.3. The van der Waals surface area contributed by atoms with Crippen LogP contribution in [0.15, 0.2) is 35.8 Å². The van der Waals surface area contributed by atoms with Gasteiger partial charge in [0.2, 0.25) is 5.88 Å². The number of imidazole rings is 1. The topological polar surface area (TPSA) is 57.9 Å². The number of rotatable bonds is 14. The van der Waals surface area contributed by atoms with Gasteiger partial charge in [-0.3, -0.25) is 0 Å². The molecule has 1 heterocycles. The van der Waals surface area contributed by atoms with Crippen molar-refractivity contribution in [2.75, 3.05) is 20.3 Å². The first kappa shape index (κ1) is 25.5. The van der Waals surface area contributed by atoms with Crippen LogP contribution >= 0.6 is 0 Å². The molecule has 0 bridgehead atoms. The molecular formula is C26H39N3O3. The van der Waals surface area contributed by atoms with E-state index in [1.54, 1.807) is 6.33 Å². The van der Waals surface area contributed by atoms with Gasteiger partial charge in [-0.1, -0.05) is 36.6 Å². The van der Waals surface area contributed by atoms with Crippen molar-refractivity contribution in [3.8, 4) is 11.6 Å². The number of allylic oxidation sites excluding steroid dienone is 1. The van der Waals surface area contributed by atoms with Gasteiger partial charge in [-0.25, -0.2) is 4.98 Å². The molecule has 0 N–H and O–H groups in total. The van der Waals surface area contributed by atoms with Crippen LogP contribution < -0.4 is 9.47 Å². The molecule has 0 unspecified atom stereocenters. The highest BCUT2D eigenvalue weighted by Gasteiger charge is 2.13. The first-order valence-corrected chi connectivity index (χ1v) is 11.5. The quantitative estimate of drug-likeness (QED) is 0.158. The molecular weight excluding hydrogens is 402 g/mol. The Labute approximate surface area is 193 Å². The Hall–Kier alpha value is -2.76. The predicted octanol–water partition coefficient (Wildman–Crippen LogP) is 5.93. The maximum atomic E-state index is 5.98. The average Bonchev–Trinajstić information content (AvgIpc) is 3.12. The molecule has 176 valence electrons. The van der Waals surface area contributed by atoms with Gasteiger partial charge in [-0.15, -0.1) is 0 Å². The number of aromatic nitrogens is 2. The minimum Gasteiger partial charge on any atom is -0.490 e. The van der Waals surface area contributed by atoms with Crippen LogP contribution in [0.5, 0.6) is 11.6 Å². The van der Waals surface area contributed by atoms with Crippen LogP contribution in [0.3, 0.4) is 0 Å². The molecule has 0 amide bonds. The third-order valence-electron chi connectivity index (χ3n) is 5.52. The Balaban J connectivity index is 1.68. The number of benzene rings is 1. The summed E-state index contributed by atoms with van der Waals surface area (Å²) in [4.78, 5) is 9.21. The smallest absolute Gasteiger partial charge is 0.223 e. The number of hydrogen-bond donors (Lipinski definition) is 0. The van der Waals surface area contributed by atoms with Gasteiger partial charge >= 0.3 is 0 Å². The van der Waals surface area contributed by atoms with Gasteiger partial charge in [0.15, 0.2) is 0 Å². The molecule has 32 heavy (non-hydrogen) atoms. The lowest BCUT2D eigenvalue weighted by molar-refractivity contribution is 0.213. The van der Waals surface area contributed by atoms with Gasteiger partial charge in [0.1, 0.15) is 30.9 Å². The minimum atomic E-state index is 0.626. The van der Waals surface area contributed by atoms with Crippen molar-refractivity contribution in [2.45, 2.75) is 66.2 Å². The van der Waals surface area contributed by atoms with Crippen LogP contribution in [0, 0.1) is 13.8 Å². The second-order valence-corrected chi connectivity index (χ2v) is 8.15. The summed E-state index contributed by atoms with van der Waals surface area (Å²) in [5.74, 6) is 1.70. The maximum absolute atomic E-state index is 5.98. The van der Waals surface area contributed by atoms with Gasteiger partial charge in [-0.05, 0) is 75.8 Å². The minimum absolute atomic E-state index is 0.626. The molecule has 6 nitrogen and oxygen atoms in total. The van der Waals surface area contributed by atoms with Crippen molar-refractivity contribution >= 4 is 5.71 Å². The fourth-order valence-corrected chi connectivity index (χ4v) is 3.79. The van der Waals surface area contributed by atoms with E-state index in [9.17, 15) is 0 Å². The molecule has 0 saturated carbocycles. The number of ether oxygens (including phenoxy) is 2. The van der Waals surface area contributed by atoms with E-state index in [4.69, 9.17) is 14.3 Å². The summed E-state index contributed by atoms with van der Waals surface area (Å²) in [6.07, 6.45) is 12.7. The van der Waals surface area contributed by atoms with E-state index in [2.05, 4.69) is 36.1 Å². The van der Waals surface area contributed by atoms with Crippen molar-refractivity contribution in [3.05, 3.63) is 53.0 Å². The summed E-state index contributed by atoms with van der Waals surface area (Å²) in [6.45, 7) is 9.56. The van der Waals surface area contributed by atoms with Gasteiger partial charge in [0.05, 0.1) is 12.9 Å². The van der Waals surface area contributed by atoms with Crippen LogP contribution in [0.1, 0.15) is 68.3 Å². The molecule has 6 heteroatoms. The third kappa shape index (κ3) is 7.74. The molecule has 0 aliphatic carbocycles. The molecule has 0 fully saturated rings. The fourth-order valence-electron chi connectivity index (χ4n) is 3.79. The molecule has 0 spiro atoms. The van der Waals surface area contributed by atoms with Crippen LogP contribution in [0.25, 0.3) is 0 Å². The summed E-state index contributed by atoms with van der Waals surface area (Å²) < 4.78 is 13.7. The first-order valence-electron chi connectivity index (χ1n) is 11.5. The Morgan fingerprint density at radius 2 is 1.75 bits per heavy atom. The average molecular weight is 442 g/mol. The Bertz CT molecular complexity index is 877.